The highest BCUT2D eigenvalue weighted by Gasteiger charge is 2.31. The molecule has 9 heteroatoms. The van der Waals surface area contributed by atoms with E-state index in [0.717, 1.165) is 62.4 Å². The standard InChI is InChI=1S/C27H35FN6O2/c1-29-15-19-7-5-13-34(16-19)26-21-11-14-33(23-9-4-10-24(35-3)25(23)28)17-22(21)30-27(31-26)36-18-20-8-6-12-32(20)2/h4,9-10,19-20H,5-8,11-18H2,2-3H3/t19?,20-/m0/s1. The van der Waals surface area contributed by atoms with Crippen LogP contribution in [0.5, 0.6) is 11.8 Å². The van der Waals surface area contributed by atoms with E-state index in [1.807, 2.05) is 11.0 Å². The maximum absolute atomic E-state index is 15.1. The first kappa shape index (κ1) is 24.6. The smallest absolute Gasteiger partial charge is 0.318 e. The second-order valence-electron chi connectivity index (χ2n) is 10.1. The Kier molecular flexibility index (Phi) is 7.42. The largest absolute Gasteiger partial charge is 0.494 e. The summed E-state index contributed by atoms with van der Waals surface area (Å²) >= 11 is 0. The first-order valence-corrected chi connectivity index (χ1v) is 13.0. The lowest BCUT2D eigenvalue weighted by Crippen LogP contribution is -2.40. The fraction of sp³-hybridized carbons (Fsp3) is 0.593. The number of hydrogen-bond donors (Lipinski definition) is 0. The zero-order chi connectivity index (χ0) is 25.1. The molecule has 0 radical (unpaired) electrons. The van der Waals surface area contributed by atoms with Crippen molar-refractivity contribution in [3.63, 3.8) is 0 Å². The van der Waals surface area contributed by atoms with Crippen molar-refractivity contribution in [2.45, 2.75) is 44.7 Å². The van der Waals surface area contributed by atoms with Gasteiger partial charge in [-0.3, -0.25) is 0 Å². The zero-order valence-corrected chi connectivity index (χ0v) is 21.2. The molecule has 2 atom stereocenters. The summed E-state index contributed by atoms with van der Waals surface area (Å²) in [5, 5.41) is 0. The van der Waals surface area contributed by atoms with Crippen LogP contribution in [0.25, 0.3) is 4.85 Å². The average Bonchev–Trinajstić information content (AvgIpc) is 3.31. The van der Waals surface area contributed by atoms with Crippen molar-refractivity contribution in [2.24, 2.45) is 5.92 Å². The van der Waals surface area contributed by atoms with Crippen molar-refractivity contribution in [3.05, 3.63) is 46.7 Å². The van der Waals surface area contributed by atoms with Gasteiger partial charge in [-0.15, -0.1) is 0 Å². The van der Waals surface area contributed by atoms with Gasteiger partial charge < -0.3 is 29.0 Å². The number of hydrogen-bond acceptors (Lipinski definition) is 7. The van der Waals surface area contributed by atoms with Gasteiger partial charge >= 0.3 is 6.01 Å². The molecule has 0 aliphatic carbocycles. The van der Waals surface area contributed by atoms with Crippen LogP contribution in [0.4, 0.5) is 15.9 Å². The normalized spacial score (nSPS) is 22.3. The Morgan fingerprint density at radius 2 is 2.00 bits per heavy atom. The van der Waals surface area contributed by atoms with E-state index in [9.17, 15) is 0 Å². The van der Waals surface area contributed by atoms with Gasteiger partial charge in [-0.2, -0.15) is 9.97 Å². The van der Waals surface area contributed by atoms with Crippen LogP contribution >= 0.6 is 0 Å². The number of nitrogens with zero attached hydrogens (tertiary/aromatic N) is 6. The van der Waals surface area contributed by atoms with E-state index in [1.165, 1.54) is 13.5 Å². The molecule has 3 aliphatic rings. The van der Waals surface area contributed by atoms with Crippen molar-refractivity contribution < 1.29 is 13.9 Å². The molecule has 0 amide bonds. The van der Waals surface area contributed by atoms with Crippen LogP contribution in [-0.2, 0) is 13.0 Å². The molecule has 192 valence electrons. The van der Waals surface area contributed by atoms with E-state index in [4.69, 9.17) is 26.0 Å². The number of piperidine rings is 1. The van der Waals surface area contributed by atoms with Gasteiger partial charge in [0.25, 0.3) is 0 Å². The molecule has 2 aromatic rings. The molecule has 1 aromatic heterocycles. The minimum absolute atomic E-state index is 0.241. The van der Waals surface area contributed by atoms with Crippen molar-refractivity contribution in [3.8, 4) is 11.8 Å². The third kappa shape index (κ3) is 5.05. The number of rotatable bonds is 7. The molecule has 0 saturated carbocycles. The van der Waals surface area contributed by atoms with E-state index in [2.05, 4.69) is 21.7 Å². The van der Waals surface area contributed by atoms with Gasteiger partial charge in [0.15, 0.2) is 11.6 Å². The molecule has 1 aromatic carbocycles. The van der Waals surface area contributed by atoms with Gasteiger partial charge in [-0.05, 0) is 57.8 Å². The maximum Gasteiger partial charge on any atom is 0.318 e. The Labute approximate surface area is 212 Å². The molecule has 2 saturated heterocycles. The zero-order valence-electron chi connectivity index (χ0n) is 21.2. The second kappa shape index (κ2) is 10.9. The highest BCUT2D eigenvalue weighted by Crippen LogP contribution is 2.35. The molecule has 5 rings (SSSR count). The summed E-state index contributed by atoms with van der Waals surface area (Å²) in [6.07, 6.45) is 5.13. The summed E-state index contributed by atoms with van der Waals surface area (Å²) in [6.45, 7) is 12.4. The van der Waals surface area contributed by atoms with Gasteiger partial charge in [-0.1, -0.05) is 6.07 Å². The Morgan fingerprint density at radius 3 is 2.78 bits per heavy atom. The summed E-state index contributed by atoms with van der Waals surface area (Å²) in [7, 11) is 3.62. The van der Waals surface area contributed by atoms with E-state index in [-0.39, 0.29) is 11.6 Å². The first-order valence-electron chi connectivity index (χ1n) is 13.0. The lowest BCUT2D eigenvalue weighted by atomic mass is 9.97. The van der Waals surface area contributed by atoms with Crippen LogP contribution in [0.2, 0.25) is 0 Å². The van der Waals surface area contributed by atoms with E-state index in [0.29, 0.717) is 49.9 Å². The van der Waals surface area contributed by atoms with E-state index < -0.39 is 0 Å². The molecule has 3 aliphatic heterocycles. The third-order valence-corrected chi connectivity index (χ3v) is 7.77. The van der Waals surface area contributed by atoms with Crippen LogP contribution in [0.1, 0.15) is 36.9 Å². The molecule has 8 nitrogen and oxygen atoms in total. The molecule has 0 spiro atoms. The Bertz CT molecular complexity index is 1120. The maximum atomic E-state index is 15.1. The van der Waals surface area contributed by atoms with Crippen molar-refractivity contribution >= 4 is 11.5 Å². The SMILES string of the molecule is [C-]#[N+]CC1CCCN(c2nc(OC[C@@H]3CCCN3C)nc3c2CCN(c2cccc(OC)c2F)C3)C1. The predicted molar refractivity (Wildman–Crippen MR) is 137 cm³/mol. The second-order valence-corrected chi connectivity index (χ2v) is 10.1. The number of likely N-dealkylation sites (N-methyl/N-ethyl adjacent to an activating group) is 1. The van der Waals surface area contributed by atoms with Gasteiger partial charge in [0.1, 0.15) is 12.4 Å². The number of anilines is 2. The molecule has 0 bridgehead atoms. The van der Waals surface area contributed by atoms with Gasteiger partial charge in [-0.25, -0.2) is 11.0 Å². The number of ether oxygens (including phenoxy) is 2. The number of aromatic nitrogens is 2. The molecule has 1 unspecified atom stereocenters. The summed E-state index contributed by atoms with van der Waals surface area (Å²) < 4.78 is 26.5. The Morgan fingerprint density at radius 1 is 1.14 bits per heavy atom. The predicted octanol–water partition coefficient (Wildman–Crippen LogP) is 3.80. The topological polar surface area (TPSA) is 58.3 Å². The number of methoxy groups -OCH3 is 1. The molecule has 4 heterocycles. The van der Waals surface area contributed by atoms with Gasteiger partial charge in [0.2, 0.25) is 6.54 Å². The van der Waals surface area contributed by atoms with Gasteiger partial charge in [0, 0.05) is 37.2 Å². The third-order valence-electron chi connectivity index (χ3n) is 7.77. The summed E-state index contributed by atoms with van der Waals surface area (Å²) in [4.78, 5) is 20.1. The Hall–Kier alpha value is -3.12. The van der Waals surface area contributed by atoms with E-state index in [1.54, 1.807) is 12.1 Å². The molecular weight excluding hydrogens is 459 g/mol. The average molecular weight is 495 g/mol. The van der Waals surface area contributed by atoms with Crippen LogP contribution in [0.15, 0.2) is 18.2 Å². The van der Waals surface area contributed by atoms with Crippen molar-refractivity contribution in [1.82, 2.24) is 14.9 Å². The van der Waals surface area contributed by atoms with E-state index >= 15 is 4.39 Å². The van der Waals surface area contributed by atoms with Crippen LogP contribution in [0.3, 0.4) is 0 Å². The lowest BCUT2D eigenvalue weighted by molar-refractivity contribution is 0.187. The quantitative estimate of drug-likeness (QED) is 0.543. The summed E-state index contributed by atoms with van der Waals surface area (Å²) in [5.74, 6) is 1.17. The van der Waals surface area contributed by atoms with Crippen molar-refractivity contribution in [1.29, 1.82) is 0 Å². The Balaban J connectivity index is 1.44. The highest BCUT2D eigenvalue weighted by atomic mass is 19.1. The number of likely N-dealkylation sites (tertiary alicyclic amines) is 1. The fourth-order valence-corrected chi connectivity index (χ4v) is 5.72. The van der Waals surface area contributed by atoms with Gasteiger partial charge in [0.05, 0.1) is 25.0 Å². The first-order chi connectivity index (χ1) is 17.6. The van der Waals surface area contributed by atoms with Crippen LogP contribution < -0.4 is 19.3 Å². The minimum Gasteiger partial charge on any atom is -0.494 e. The lowest BCUT2D eigenvalue weighted by Gasteiger charge is -2.36. The molecular formula is C27H35FN6O2. The summed E-state index contributed by atoms with van der Waals surface area (Å²) in [5.41, 5.74) is 2.52. The molecule has 36 heavy (non-hydrogen) atoms. The van der Waals surface area contributed by atoms with Crippen LogP contribution in [0, 0.1) is 18.3 Å². The summed E-state index contributed by atoms with van der Waals surface area (Å²) in [6, 6.07) is 6.00. The molecule has 0 N–H and O–H groups in total. The minimum atomic E-state index is -0.350. The number of fused-ring (bicyclic) bond motifs is 1. The van der Waals surface area contributed by atoms with Crippen molar-refractivity contribution in [2.75, 3.05) is 63.3 Å². The molecule has 2 fully saturated rings. The van der Waals surface area contributed by atoms with Crippen LogP contribution in [-0.4, -0.2) is 74.4 Å². The fourth-order valence-electron chi connectivity index (χ4n) is 5.72. The monoisotopic (exact) mass is 494 g/mol. The number of halogens is 1. The number of benzene rings is 1. The highest BCUT2D eigenvalue weighted by molar-refractivity contribution is 5.58.